The zero-order chi connectivity index (χ0) is 18.5. The first-order valence-electron chi connectivity index (χ1n) is 9.08. The second-order valence-electron chi connectivity index (χ2n) is 7.81. The second kappa shape index (κ2) is 6.63. The summed E-state index contributed by atoms with van der Waals surface area (Å²) in [6.07, 6.45) is 3.97. The summed E-state index contributed by atoms with van der Waals surface area (Å²) in [4.78, 5) is 26.5. The summed E-state index contributed by atoms with van der Waals surface area (Å²) in [6.45, 7) is 2.19. The van der Waals surface area contributed by atoms with E-state index in [4.69, 9.17) is 4.55 Å². The van der Waals surface area contributed by atoms with Crippen LogP contribution < -0.4 is 10.6 Å². The first kappa shape index (κ1) is 18.0. The van der Waals surface area contributed by atoms with Gasteiger partial charge in [-0.25, -0.2) is 4.79 Å². The van der Waals surface area contributed by atoms with Crippen LogP contribution in [0.1, 0.15) is 32.1 Å². The highest BCUT2D eigenvalue weighted by molar-refractivity contribution is 7.80. The van der Waals surface area contributed by atoms with Crippen LogP contribution in [0.3, 0.4) is 0 Å². The molecule has 1 saturated carbocycles. The minimum Gasteiger partial charge on any atom is -0.352 e. The molecule has 3 N–H and O–H groups in total. The summed E-state index contributed by atoms with van der Waals surface area (Å²) in [5, 5.41) is 7.18. The Kier molecular flexibility index (Phi) is 4.58. The van der Waals surface area contributed by atoms with Crippen molar-refractivity contribution in [2.45, 2.75) is 50.2 Å². The van der Waals surface area contributed by atoms with Crippen LogP contribution in [0.4, 0.5) is 4.79 Å². The fourth-order valence-corrected chi connectivity index (χ4v) is 5.30. The summed E-state index contributed by atoms with van der Waals surface area (Å²) in [7, 11) is -4.78. The van der Waals surface area contributed by atoms with Gasteiger partial charge in [-0.2, -0.15) is 13.5 Å². The molecule has 0 radical (unpaired) electrons. The van der Waals surface area contributed by atoms with Crippen molar-refractivity contribution in [1.82, 2.24) is 20.6 Å². The average molecular weight is 388 g/mol. The van der Waals surface area contributed by atoms with Gasteiger partial charge in [0.2, 0.25) is 5.91 Å². The Balaban J connectivity index is 1.39. The average Bonchev–Trinajstić information content (AvgIpc) is 2.78. The Hall–Kier alpha value is -1.43. The predicted octanol–water partition coefficient (Wildman–Crippen LogP) is -0.506. The van der Waals surface area contributed by atoms with E-state index >= 15 is 0 Å². The highest BCUT2D eigenvalue weighted by Gasteiger charge is 2.49. The van der Waals surface area contributed by atoms with E-state index in [1.807, 2.05) is 0 Å². The molecule has 0 aromatic carbocycles. The van der Waals surface area contributed by atoms with Gasteiger partial charge in [0.1, 0.15) is 6.04 Å². The molecule has 4 fully saturated rings. The SMILES string of the molecule is O=C(NC1CC2CNCC(C2)C1)[C@@H]1CC[C@@H]2CN1C(=O)N2OS(=O)(=O)O. The van der Waals surface area contributed by atoms with E-state index in [1.165, 1.54) is 11.3 Å². The van der Waals surface area contributed by atoms with E-state index in [0.717, 1.165) is 25.9 Å². The van der Waals surface area contributed by atoms with Gasteiger partial charge in [0.05, 0.1) is 6.04 Å². The molecule has 1 aliphatic carbocycles. The maximum absolute atomic E-state index is 12.8. The fraction of sp³-hybridized carbons (Fsp3) is 0.867. The first-order valence-corrected chi connectivity index (χ1v) is 10.4. The van der Waals surface area contributed by atoms with Crippen molar-refractivity contribution in [1.29, 1.82) is 0 Å². The van der Waals surface area contributed by atoms with Gasteiger partial charge in [-0.05, 0) is 57.0 Å². The predicted molar refractivity (Wildman–Crippen MR) is 89.0 cm³/mol. The van der Waals surface area contributed by atoms with Crippen molar-refractivity contribution in [2.24, 2.45) is 11.8 Å². The molecule has 4 aliphatic rings. The van der Waals surface area contributed by atoms with E-state index in [2.05, 4.69) is 14.9 Å². The van der Waals surface area contributed by atoms with Crippen LogP contribution in [0.2, 0.25) is 0 Å². The number of carbonyl (C=O) groups excluding carboxylic acids is 2. The first-order chi connectivity index (χ1) is 12.3. The minimum atomic E-state index is -4.78. The van der Waals surface area contributed by atoms with Gasteiger partial charge >= 0.3 is 16.4 Å². The smallest absolute Gasteiger partial charge is 0.352 e. The molecule has 146 valence electrons. The normalized spacial score (nSPS) is 37.0. The zero-order valence-corrected chi connectivity index (χ0v) is 15.2. The molecule has 4 atom stereocenters. The van der Waals surface area contributed by atoms with Crippen molar-refractivity contribution >= 4 is 22.3 Å². The molecule has 10 nitrogen and oxygen atoms in total. The lowest BCUT2D eigenvalue weighted by molar-refractivity contribution is -0.127. The lowest BCUT2D eigenvalue weighted by Gasteiger charge is -2.40. The highest BCUT2D eigenvalue weighted by Crippen LogP contribution is 2.33. The van der Waals surface area contributed by atoms with E-state index in [9.17, 15) is 18.0 Å². The number of hydrogen-bond acceptors (Lipinski definition) is 6. The number of nitrogens with zero attached hydrogens (tertiary/aromatic N) is 2. The van der Waals surface area contributed by atoms with Crippen molar-refractivity contribution in [3.63, 3.8) is 0 Å². The molecule has 3 aliphatic heterocycles. The van der Waals surface area contributed by atoms with Gasteiger partial charge in [-0.3, -0.25) is 9.35 Å². The number of rotatable bonds is 4. The largest absolute Gasteiger partial charge is 0.418 e. The molecule has 2 unspecified atom stereocenters. The molecule has 4 bridgehead atoms. The molecule has 11 heteroatoms. The number of fused-ring (bicyclic) bond motifs is 4. The molecule has 3 heterocycles. The van der Waals surface area contributed by atoms with E-state index in [0.29, 0.717) is 29.7 Å². The van der Waals surface area contributed by atoms with Crippen LogP contribution in [-0.2, 0) is 19.5 Å². The molecule has 26 heavy (non-hydrogen) atoms. The topological polar surface area (TPSA) is 128 Å². The van der Waals surface area contributed by atoms with Crippen molar-refractivity contribution < 1.29 is 26.8 Å². The van der Waals surface area contributed by atoms with Crippen molar-refractivity contribution in [3.8, 4) is 0 Å². The highest BCUT2D eigenvalue weighted by atomic mass is 32.3. The summed E-state index contributed by atoms with van der Waals surface area (Å²) in [5.41, 5.74) is 0. The van der Waals surface area contributed by atoms with Crippen molar-refractivity contribution in [2.75, 3.05) is 19.6 Å². The summed E-state index contributed by atoms with van der Waals surface area (Å²) in [5.74, 6) is 0.967. The molecule has 3 amide bonds. The third-order valence-electron chi connectivity index (χ3n) is 5.91. The Labute approximate surface area is 152 Å². The van der Waals surface area contributed by atoms with Gasteiger partial charge in [0.25, 0.3) is 0 Å². The standard InChI is InChI=1S/C15H24N4O6S/c20-14(17-11-4-9-3-10(5-11)7-16-6-9)13-2-1-12-8-18(13)15(21)19(12)25-26(22,23)24/h9-13,16H,1-8H2,(H,17,20)(H,22,23,24)/t9?,10?,11?,12-,13+/m1/s1. The minimum absolute atomic E-state index is 0.119. The Morgan fingerprint density at radius 1 is 1.19 bits per heavy atom. The maximum atomic E-state index is 12.8. The number of urea groups is 1. The van der Waals surface area contributed by atoms with Gasteiger partial charge in [0, 0.05) is 12.6 Å². The second-order valence-corrected chi connectivity index (χ2v) is 8.82. The van der Waals surface area contributed by atoms with E-state index < -0.39 is 28.5 Å². The van der Waals surface area contributed by atoms with Crippen molar-refractivity contribution in [3.05, 3.63) is 0 Å². The number of hydroxylamine groups is 2. The third-order valence-corrected chi connectivity index (χ3v) is 6.26. The van der Waals surface area contributed by atoms with Gasteiger partial charge in [-0.1, -0.05) is 0 Å². The lowest BCUT2D eigenvalue weighted by Crippen LogP contribution is -2.54. The van der Waals surface area contributed by atoms with E-state index in [1.54, 1.807) is 0 Å². The van der Waals surface area contributed by atoms with Crippen LogP contribution in [-0.4, -0.2) is 72.6 Å². The maximum Gasteiger partial charge on any atom is 0.418 e. The number of amides is 3. The quantitative estimate of drug-likeness (QED) is 0.554. The zero-order valence-electron chi connectivity index (χ0n) is 14.3. The number of nitrogens with one attached hydrogen (secondary N) is 2. The molecule has 0 aromatic rings. The van der Waals surface area contributed by atoms with Gasteiger partial charge in [-0.15, -0.1) is 4.28 Å². The number of piperidine rings is 2. The Morgan fingerprint density at radius 3 is 2.54 bits per heavy atom. The van der Waals surface area contributed by atoms with Gasteiger partial charge in [0.15, 0.2) is 0 Å². The molecule has 0 spiro atoms. The molecule has 3 saturated heterocycles. The molecule has 0 aromatic heterocycles. The van der Waals surface area contributed by atoms with Crippen LogP contribution in [0.5, 0.6) is 0 Å². The molecular formula is C15H24N4O6S. The van der Waals surface area contributed by atoms with Crippen LogP contribution in [0.25, 0.3) is 0 Å². The summed E-state index contributed by atoms with van der Waals surface area (Å²) in [6, 6.07) is -1.69. The number of hydrogen-bond donors (Lipinski definition) is 3. The van der Waals surface area contributed by atoms with Crippen LogP contribution in [0.15, 0.2) is 0 Å². The monoisotopic (exact) mass is 388 g/mol. The van der Waals surface area contributed by atoms with Crippen LogP contribution in [0, 0.1) is 11.8 Å². The van der Waals surface area contributed by atoms with Gasteiger partial charge < -0.3 is 15.5 Å². The third kappa shape index (κ3) is 3.53. The van der Waals surface area contributed by atoms with Crippen LogP contribution >= 0.6 is 0 Å². The lowest BCUT2D eigenvalue weighted by atomic mass is 9.76. The number of carbonyl (C=O) groups is 2. The van der Waals surface area contributed by atoms with E-state index in [-0.39, 0.29) is 18.5 Å². The Bertz CT molecular complexity index is 688. The summed E-state index contributed by atoms with van der Waals surface area (Å²) < 4.78 is 35.1. The molecule has 4 rings (SSSR count). The fourth-order valence-electron chi connectivity index (χ4n) is 4.91. The summed E-state index contributed by atoms with van der Waals surface area (Å²) >= 11 is 0. The molecular weight excluding hydrogens is 364 g/mol. The Morgan fingerprint density at radius 2 is 1.88 bits per heavy atom.